The van der Waals surface area contributed by atoms with E-state index in [1.165, 1.54) is 16.7 Å². The molecule has 57 heavy (non-hydrogen) atoms. The quantitative estimate of drug-likeness (QED) is 0.210. The number of urea groups is 1. The third kappa shape index (κ3) is 24.4. The minimum absolute atomic E-state index is 0.0177. The first kappa shape index (κ1) is 53.5. The fraction of sp³-hybridized carbons (Fsp3) is 0.650. The van der Waals surface area contributed by atoms with Crippen molar-refractivity contribution in [2.75, 3.05) is 39.3 Å². The smallest absolute Gasteiger partial charge is 0.410 e. The molecule has 326 valence electrons. The molecule has 3 heterocycles. The number of nitrogens with zero attached hydrogens (tertiary/aromatic N) is 2. The molecule has 0 aliphatic carbocycles. The molecule has 3 saturated heterocycles. The molecule has 3 fully saturated rings. The summed E-state index contributed by atoms with van der Waals surface area (Å²) < 4.78 is 33.1. The Labute approximate surface area is 369 Å². The number of carbonyl (C=O) groups excluding carboxylic acids is 2. The molecule has 17 heteroatoms. The normalized spacial score (nSPS) is 15.4. The number of hydrogen-bond donors (Lipinski definition) is 3. The van der Waals surface area contributed by atoms with Gasteiger partial charge in [0.1, 0.15) is 5.60 Å². The average Bonchev–Trinajstić information content (AvgIpc) is 3.01. The van der Waals surface area contributed by atoms with Gasteiger partial charge in [0.05, 0.1) is 62.8 Å². The van der Waals surface area contributed by atoms with Crippen molar-refractivity contribution in [1.82, 2.24) is 20.4 Å². The van der Waals surface area contributed by atoms with Crippen LogP contribution in [0, 0.1) is 13.8 Å². The zero-order valence-electron chi connectivity index (χ0n) is 35.3. The van der Waals surface area contributed by atoms with E-state index >= 15 is 0 Å². The van der Waals surface area contributed by atoms with Gasteiger partial charge in [-0.1, -0.05) is 44.0 Å². The molecule has 0 spiro atoms. The number of carbonyl (C=O) groups is 2. The lowest BCUT2D eigenvalue weighted by Gasteiger charge is -2.40. The number of rotatable bonds is 9. The van der Waals surface area contributed by atoms with Crippen molar-refractivity contribution in [2.45, 2.75) is 131 Å². The zero-order valence-corrected chi connectivity index (χ0v) is 40.8. The number of ether oxygens (including phenoxy) is 4. The van der Waals surface area contributed by atoms with Gasteiger partial charge in [-0.15, -0.1) is 0 Å². The minimum Gasteiger partial charge on any atom is -0.444 e. The van der Waals surface area contributed by atoms with Gasteiger partial charge in [0.25, 0.3) is 0 Å². The van der Waals surface area contributed by atoms with Gasteiger partial charge in [0.15, 0.2) is 0 Å². The van der Waals surface area contributed by atoms with Crippen molar-refractivity contribution in [3.05, 3.63) is 67.6 Å². The predicted octanol–water partition coefficient (Wildman–Crippen LogP) is 8.75. The molecule has 0 saturated carbocycles. The SMILES string of the molecule is CC(C)OC1CN(C(=O)OC(C)(C)C)C1.CC(C)OC1CNC1.Cc1cc(Br)ccc1CN.Cc1cc(Br)ccc1CNC(=O)N1CC(OC(C)C)C1.O=S(Cl)Cl. The topological polar surface area (TPSA) is 145 Å². The second kappa shape index (κ2) is 27.3. The third-order valence-corrected chi connectivity index (χ3v) is 9.02. The fourth-order valence-corrected chi connectivity index (χ4v) is 6.18. The van der Waals surface area contributed by atoms with Crippen LogP contribution in [0.15, 0.2) is 45.3 Å². The number of halogens is 4. The lowest BCUT2D eigenvalue weighted by atomic mass is 10.1. The van der Waals surface area contributed by atoms with Gasteiger partial charge in [-0.25, -0.2) is 13.8 Å². The maximum absolute atomic E-state index is 12.0. The molecule has 12 nitrogen and oxygen atoms in total. The predicted molar refractivity (Wildman–Crippen MR) is 240 cm³/mol. The first-order valence-electron chi connectivity index (χ1n) is 19.1. The van der Waals surface area contributed by atoms with Crippen LogP contribution < -0.4 is 16.4 Å². The first-order valence-corrected chi connectivity index (χ1v) is 23.5. The monoisotopic (exact) mass is 987 g/mol. The van der Waals surface area contributed by atoms with Crippen LogP contribution in [0.2, 0.25) is 0 Å². The molecule has 2 aromatic rings. The summed E-state index contributed by atoms with van der Waals surface area (Å²) in [6.45, 7) is 27.8. The van der Waals surface area contributed by atoms with Crippen molar-refractivity contribution in [3.8, 4) is 0 Å². The van der Waals surface area contributed by atoms with E-state index < -0.39 is 14.8 Å². The fourth-order valence-electron chi connectivity index (χ4n) is 5.23. The molecule has 5 rings (SSSR count). The number of aryl methyl sites for hydroxylation is 2. The molecule has 0 atom stereocenters. The molecule has 4 N–H and O–H groups in total. The van der Waals surface area contributed by atoms with Crippen LogP contribution in [-0.2, 0) is 41.3 Å². The highest BCUT2D eigenvalue weighted by atomic mass is 79.9. The highest BCUT2D eigenvalue weighted by molar-refractivity contribution is 9.10. The van der Waals surface area contributed by atoms with Crippen LogP contribution in [0.5, 0.6) is 0 Å². The molecular weight excluding hydrogens is 925 g/mol. The maximum Gasteiger partial charge on any atom is 0.410 e. The van der Waals surface area contributed by atoms with Crippen molar-refractivity contribution < 1.29 is 32.7 Å². The van der Waals surface area contributed by atoms with E-state index in [0.717, 1.165) is 27.6 Å². The van der Waals surface area contributed by atoms with Crippen LogP contribution in [0.25, 0.3) is 0 Å². The Morgan fingerprint density at radius 2 is 1.21 bits per heavy atom. The summed E-state index contributed by atoms with van der Waals surface area (Å²) in [5.74, 6) is 0. The van der Waals surface area contributed by atoms with E-state index in [-0.39, 0.29) is 36.5 Å². The van der Waals surface area contributed by atoms with Crippen LogP contribution in [0.3, 0.4) is 0 Å². The molecular formula is C40H65Br2Cl2N5O7S. The van der Waals surface area contributed by atoms with E-state index in [1.807, 2.05) is 79.7 Å². The van der Waals surface area contributed by atoms with E-state index in [4.69, 9.17) is 28.9 Å². The standard InChI is InChI=1S/C15H21BrN2O2.C11H21NO3.C8H10BrN.C6H13NO.Cl2OS/c1-10(2)20-14-8-18(9-14)15(19)17-7-12-4-5-13(16)6-11(12)3;1-8(2)14-9-6-12(7-9)10(13)15-11(3,4)5;1-6-4-8(9)3-2-7(6)5-10;1-5(2)8-6-3-7-4-6;1-4(2)3/h4-6,10,14H,7-9H2,1-3H3,(H,17,19);8-9H,6-7H2,1-5H3;2-4H,5,10H2,1H3;5-7H,3-4H2,1-2H3;. The van der Waals surface area contributed by atoms with Gasteiger partial charge in [-0.3, -0.25) is 0 Å². The summed E-state index contributed by atoms with van der Waals surface area (Å²) in [6.07, 6.45) is 1.45. The Hall–Kier alpha value is -1.53. The van der Waals surface area contributed by atoms with Gasteiger partial charge < -0.3 is 45.1 Å². The van der Waals surface area contributed by atoms with Crippen molar-refractivity contribution in [2.24, 2.45) is 5.73 Å². The first-order chi connectivity index (χ1) is 26.5. The van der Waals surface area contributed by atoms with Crippen LogP contribution in [0.4, 0.5) is 9.59 Å². The van der Waals surface area contributed by atoms with E-state index in [2.05, 4.69) is 96.8 Å². The molecule has 0 radical (unpaired) electrons. The van der Waals surface area contributed by atoms with Gasteiger partial charge in [-0.2, -0.15) is 0 Å². The molecule has 0 aromatic heterocycles. The number of likely N-dealkylation sites (tertiary alicyclic amines) is 2. The molecule has 0 unspecified atom stereocenters. The molecule has 3 aliphatic heterocycles. The minimum atomic E-state index is -1.67. The van der Waals surface area contributed by atoms with Gasteiger partial charge in [-0.05, 0) is 123 Å². The Kier molecular flexibility index (Phi) is 25.7. The van der Waals surface area contributed by atoms with E-state index in [0.29, 0.717) is 51.5 Å². The van der Waals surface area contributed by atoms with Gasteiger partial charge in [0.2, 0.25) is 9.23 Å². The largest absolute Gasteiger partial charge is 0.444 e. The lowest BCUT2D eigenvalue weighted by Crippen LogP contribution is -2.58. The van der Waals surface area contributed by atoms with E-state index in [1.54, 1.807) is 9.80 Å². The molecule has 3 amide bonds. The Balaban J connectivity index is 0.000000387. The Morgan fingerprint density at radius 3 is 1.54 bits per heavy atom. The average molecular weight is 991 g/mol. The van der Waals surface area contributed by atoms with Crippen molar-refractivity contribution >= 4 is 74.6 Å². The highest BCUT2D eigenvalue weighted by Crippen LogP contribution is 2.19. The number of nitrogens with two attached hydrogens (primary N) is 1. The van der Waals surface area contributed by atoms with E-state index in [9.17, 15) is 9.59 Å². The number of nitrogens with one attached hydrogen (secondary N) is 2. The zero-order chi connectivity index (χ0) is 43.5. The summed E-state index contributed by atoms with van der Waals surface area (Å²) in [6, 6.07) is 12.2. The molecule has 0 bridgehead atoms. The second-order valence-corrected chi connectivity index (χ2v) is 19.9. The molecule has 3 aliphatic rings. The Bertz CT molecular complexity index is 1520. The summed E-state index contributed by atoms with van der Waals surface area (Å²) >= 11 is 6.82. The van der Waals surface area contributed by atoms with Crippen LogP contribution in [0.1, 0.15) is 84.6 Å². The van der Waals surface area contributed by atoms with Crippen LogP contribution in [-0.4, -0.2) is 108 Å². The summed E-state index contributed by atoms with van der Waals surface area (Å²) in [7, 11) is 7.36. The summed E-state index contributed by atoms with van der Waals surface area (Å²) in [5.41, 5.74) is 9.84. The maximum atomic E-state index is 12.0. The number of hydrogen-bond acceptors (Lipinski definition) is 9. The molecule has 2 aromatic carbocycles. The van der Waals surface area contributed by atoms with Crippen molar-refractivity contribution in [1.29, 1.82) is 0 Å². The van der Waals surface area contributed by atoms with Crippen molar-refractivity contribution in [3.63, 3.8) is 0 Å². The number of benzene rings is 2. The van der Waals surface area contributed by atoms with Gasteiger partial charge in [0, 0.05) is 56.5 Å². The van der Waals surface area contributed by atoms with Gasteiger partial charge >= 0.3 is 12.1 Å². The van der Waals surface area contributed by atoms with Crippen LogP contribution >= 0.6 is 53.2 Å². The lowest BCUT2D eigenvalue weighted by molar-refractivity contribution is -0.0833. The number of amides is 3. The summed E-state index contributed by atoms with van der Waals surface area (Å²) in [4.78, 5) is 26.9. The second-order valence-electron chi connectivity index (χ2n) is 15.6. The summed E-state index contributed by atoms with van der Waals surface area (Å²) in [5, 5.41) is 6.09. The highest BCUT2D eigenvalue weighted by Gasteiger charge is 2.35. The Morgan fingerprint density at radius 1 is 0.807 bits per heavy atom. The third-order valence-electron chi connectivity index (χ3n) is 8.03.